The van der Waals surface area contributed by atoms with E-state index in [1.54, 1.807) is 0 Å². The average molecular weight is 572 g/mol. The van der Waals surface area contributed by atoms with Crippen molar-refractivity contribution in [2.75, 3.05) is 72.2 Å². The number of morpholine rings is 1. The number of carbonyl (C=O) groups excluding carboxylic acids is 1. The summed E-state index contributed by atoms with van der Waals surface area (Å²) in [7, 11) is 0. The van der Waals surface area contributed by atoms with Crippen molar-refractivity contribution in [3.63, 3.8) is 0 Å². The molecule has 0 bridgehead atoms. The topological polar surface area (TPSA) is 69.6 Å². The van der Waals surface area contributed by atoms with Crippen LogP contribution in [0.5, 0.6) is 5.75 Å². The van der Waals surface area contributed by atoms with Gasteiger partial charge in [-0.1, -0.05) is 18.2 Å². The van der Waals surface area contributed by atoms with E-state index in [1.165, 1.54) is 12.8 Å². The molecule has 8 nitrogen and oxygen atoms in total. The van der Waals surface area contributed by atoms with Crippen LogP contribution < -0.4 is 10.1 Å². The maximum Gasteiger partial charge on any atom is 0.236 e. The molecule has 1 aliphatic carbocycles. The number of para-hydroxylation sites is 1. The van der Waals surface area contributed by atoms with Gasteiger partial charge in [-0.25, -0.2) is 4.99 Å². The molecule has 184 valence electrons. The van der Waals surface area contributed by atoms with Gasteiger partial charge in [-0.3, -0.25) is 9.69 Å². The van der Waals surface area contributed by atoms with Crippen LogP contribution in [0.1, 0.15) is 25.3 Å². The lowest BCUT2D eigenvalue weighted by Crippen LogP contribution is -2.54. The third kappa shape index (κ3) is 7.99. The molecular formula is C24H38IN5O3. The number of guanidine groups is 1. The molecule has 2 aliphatic heterocycles. The fraction of sp³-hybridized carbons (Fsp3) is 0.667. The molecule has 1 amide bonds. The number of amides is 1. The largest absolute Gasteiger partial charge is 0.493 e. The van der Waals surface area contributed by atoms with Gasteiger partial charge in [-0.05, 0) is 31.7 Å². The van der Waals surface area contributed by atoms with E-state index in [1.807, 2.05) is 23.1 Å². The predicted molar refractivity (Wildman–Crippen MR) is 140 cm³/mol. The van der Waals surface area contributed by atoms with Crippen molar-refractivity contribution in [3.8, 4) is 5.75 Å². The Labute approximate surface area is 214 Å². The van der Waals surface area contributed by atoms with E-state index in [9.17, 15) is 4.79 Å². The standard InChI is InChI=1S/C24H37N5O3.HI/c1-2-25-24(26-17-21-5-3-4-6-22(21)32-19-20-7-8-20)29-11-9-27(10-12-29)18-23(30)28-13-15-31-16-14-28;/h3-6,20H,2,7-19H2,1H3,(H,25,26);1H. The summed E-state index contributed by atoms with van der Waals surface area (Å²) >= 11 is 0. The number of nitrogens with zero attached hydrogens (tertiary/aromatic N) is 4. The van der Waals surface area contributed by atoms with Gasteiger partial charge in [0.05, 0.1) is 32.9 Å². The number of nitrogens with one attached hydrogen (secondary N) is 1. The number of aliphatic imine (C=N–C) groups is 1. The number of piperazine rings is 1. The van der Waals surface area contributed by atoms with Crippen molar-refractivity contribution < 1.29 is 14.3 Å². The quantitative estimate of drug-likeness (QED) is 0.293. The monoisotopic (exact) mass is 571 g/mol. The molecule has 1 aromatic carbocycles. The maximum atomic E-state index is 12.5. The Bertz CT molecular complexity index is 775. The number of ether oxygens (including phenoxy) is 2. The number of hydrogen-bond donors (Lipinski definition) is 1. The molecular weight excluding hydrogens is 533 g/mol. The molecule has 0 radical (unpaired) electrons. The molecule has 0 unspecified atom stereocenters. The summed E-state index contributed by atoms with van der Waals surface area (Å²) in [4.78, 5) is 23.9. The molecule has 1 aromatic rings. The molecule has 0 aromatic heterocycles. The van der Waals surface area contributed by atoms with E-state index >= 15 is 0 Å². The number of halogens is 1. The Hall–Kier alpha value is -1.59. The Morgan fingerprint density at radius 1 is 1.09 bits per heavy atom. The molecule has 4 rings (SSSR count). The third-order valence-electron chi connectivity index (χ3n) is 6.27. The average Bonchev–Trinajstić information content (AvgIpc) is 3.67. The van der Waals surface area contributed by atoms with Gasteiger partial charge >= 0.3 is 0 Å². The second kappa shape index (κ2) is 13.3. The van der Waals surface area contributed by atoms with Gasteiger partial charge in [0.15, 0.2) is 5.96 Å². The zero-order valence-electron chi connectivity index (χ0n) is 19.7. The van der Waals surface area contributed by atoms with Crippen molar-refractivity contribution in [3.05, 3.63) is 29.8 Å². The van der Waals surface area contributed by atoms with E-state index in [0.29, 0.717) is 39.4 Å². The van der Waals surface area contributed by atoms with Crippen LogP contribution in [0.15, 0.2) is 29.3 Å². The normalized spacial score (nSPS) is 19.7. The predicted octanol–water partition coefficient (Wildman–Crippen LogP) is 2.04. The lowest BCUT2D eigenvalue weighted by atomic mass is 10.2. The summed E-state index contributed by atoms with van der Waals surface area (Å²) in [5.74, 6) is 2.83. The first kappa shape index (κ1) is 26.0. The van der Waals surface area contributed by atoms with Crippen LogP contribution in [-0.2, 0) is 16.1 Å². The van der Waals surface area contributed by atoms with E-state index in [-0.39, 0.29) is 29.9 Å². The maximum absolute atomic E-state index is 12.5. The third-order valence-corrected chi connectivity index (χ3v) is 6.27. The zero-order chi connectivity index (χ0) is 22.2. The Morgan fingerprint density at radius 3 is 2.52 bits per heavy atom. The van der Waals surface area contributed by atoms with Crippen LogP contribution in [0.25, 0.3) is 0 Å². The van der Waals surface area contributed by atoms with Crippen LogP contribution in [0.4, 0.5) is 0 Å². The van der Waals surface area contributed by atoms with Crippen LogP contribution in [-0.4, -0.2) is 98.7 Å². The molecule has 3 aliphatic rings. The summed E-state index contributed by atoms with van der Waals surface area (Å²) in [6.07, 6.45) is 2.57. The van der Waals surface area contributed by atoms with Crippen LogP contribution in [0.2, 0.25) is 0 Å². The van der Waals surface area contributed by atoms with Crippen LogP contribution in [0, 0.1) is 5.92 Å². The SMILES string of the molecule is CCNC(=NCc1ccccc1OCC1CC1)N1CCN(CC(=O)N2CCOCC2)CC1.I. The first-order valence-corrected chi connectivity index (χ1v) is 12.0. The number of hydrogen-bond acceptors (Lipinski definition) is 5. The van der Waals surface area contributed by atoms with E-state index in [0.717, 1.165) is 62.5 Å². The van der Waals surface area contributed by atoms with Crippen LogP contribution in [0.3, 0.4) is 0 Å². The van der Waals surface area contributed by atoms with Crippen molar-refractivity contribution in [1.29, 1.82) is 0 Å². The summed E-state index contributed by atoms with van der Waals surface area (Å²) in [5.41, 5.74) is 1.12. The van der Waals surface area contributed by atoms with Crippen molar-refractivity contribution in [2.24, 2.45) is 10.9 Å². The number of rotatable bonds is 8. The highest BCUT2D eigenvalue weighted by molar-refractivity contribution is 14.0. The summed E-state index contributed by atoms with van der Waals surface area (Å²) in [6, 6.07) is 8.22. The summed E-state index contributed by atoms with van der Waals surface area (Å²) < 4.78 is 11.4. The summed E-state index contributed by atoms with van der Waals surface area (Å²) in [6.45, 7) is 11.0. The minimum absolute atomic E-state index is 0. The molecule has 1 N–H and O–H groups in total. The first-order chi connectivity index (χ1) is 15.7. The Kier molecular flexibility index (Phi) is 10.5. The Morgan fingerprint density at radius 2 is 1.82 bits per heavy atom. The molecule has 0 spiro atoms. The molecule has 3 fully saturated rings. The van der Waals surface area contributed by atoms with Gasteiger partial charge in [0.2, 0.25) is 5.91 Å². The highest BCUT2D eigenvalue weighted by Crippen LogP contribution is 2.30. The van der Waals surface area contributed by atoms with Gasteiger partial charge in [0.1, 0.15) is 5.75 Å². The Balaban J connectivity index is 0.00000306. The second-order valence-electron chi connectivity index (χ2n) is 8.79. The second-order valence-corrected chi connectivity index (χ2v) is 8.79. The highest BCUT2D eigenvalue weighted by atomic mass is 127. The molecule has 2 heterocycles. The molecule has 2 saturated heterocycles. The smallest absolute Gasteiger partial charge is 0.236 e. The minimum atomic E-state index is 0. The van der Waals surface area contributed by atoms with Crippen LogP contribution >= 0.6 is 24.0 Å². The van der Waals surface area contributed by atoms with E-state index in [4.69, 9.17) is 14.5 Å². The van der Waals surface area contributed by atoms with Gasteiger partial charge in [0, 0.05) is 51.4 Å². The minimum Gasteiger partial charge on any atom is -0.493 e. The lowest BCUT2D eigenvalue weighted by molar-refractivity contribution is -0.136. The molecule has 9 heteroatoms. The molecule has 0 atom stereocenters. The van der Waals surface area contributed by atoms with E-state index < -0.39 is 0 Å². The molecule has 33 heavy (non-hydrogen) atoms. The fourth-order valence-electron chi connectivity index (χ4n) is 4.08. The number of benzene rings is 1. The van der Waals surface area contributed by atoms with Gasteiger partial charge in [-0.2, -0.15) is 0 Å². The first-order valence-electron chi connectivity index (χ1n) is 12.0. The van der Waals surface area contributed by atoms with E-state index in [2.05, 4.69) is 28.1 Å². The highest BCUT2D eigenvalue weighted by Gasteiger charge is 2.25. The van der Waals surface area contributed by atoms with Crippen molar-refractivity contribution in [2.45, 2.75) is 26.3 Å². The zero-order valence-corrected chi connectivity index (χ0v) is 22.0. The number of carbonyl (C=O) groups is 1. The lowest BCUT2D eigenvalue weighted by Gasteiger charge is -2.37. The molecule has 1 saturated carbocycles. The van der Waals surface area contributed by atoms with Gasteiger partial charge < -0.3 is 24.6 Å². The fourth-order valence-corrected chi connectivity index (χ4v) is 4.08. The van der Waals surface area contributed by atoms with Gasteiger partial charge in [-0.15, -0.1) is 24.0 Å². The van der Waals surface area contributed by atoms with Gasteiger partial charge in [0.25, 0.3) is 0 Å². The summed E-state index contributed by atoms with van der Waals surface area (Å²) in [5, 5.41) is 3.44. The van der Waals surface area contributed by atoms with Crippen molar-refractivity contribution >= 4 is 35.8 Å². The van der Waals surface area contributed by atoms with Crippen molar-refractivity contribution in [1.82, 2.24) is 20.0 Å².